The number of phenolic OH excluding ortho intramolecular Hbond substituents is 1. The molecule has 104 valence electrons. The van der Waals surface area contributed by atoms with Crippen molar-refractivity contribution in [1.29, 1.82) is 0 Å². The topological polar surface area (TPSA) is 49.3 Å². The Balaban J connectivity index is 2.17. The molecule has 5 heteroatoms. The normalized spacial score (nSPS) is 11.9. The van der Waals surface area contributed by atoms with Crippen LogP contribution >= 0.6 is 15.9 Å². The van der Waals surface area contributed by atoms with Crippen LogP contribution in [0.3, 0.4) is 0 Å². The summed E-state index contributed by atoms with van der Waals surface area (Å²) in [6.07, 6.45) is 0. The van der Waals surface area contributed by atoms with E-state index in [1.807, 2.05) is 24.3 Å². The molecule has 2 N–H and O–H groups in total. The zero-order valence-corrected chi connectivity index (χ0v) is 12.3. The molecule has 2 rings (SSSR count). The van der Waals surface area contributed by atoms with Crippen LogP contribution in [0.4, 0.5) is 4.39 Å². The lowest BCUT2D eigenvalue weighted by Crippen LogP contribution is -2.27. The predicted octanol–water partition coefficient (Wildman–Crippen LogP) is 3.78. The van der Waals surface area contributed by atoms with Crippen LogP contribution in [0.25, 0.3) is 0 Å². The fraction of sp³-hybridized carbons (Fsp3) is 0.133. The van der Waals surface area contributed by atoms with Gasteiger partial charge in [0.2, 0.25) is 0 Å². The number of carbonyl (C=O) groups excluding carboxylic acids is 1. The number of hydrogen-bond acceptors (Lipinski definition) is 2. The molecule has 0 saturated heterocycles. The fourth-order valence-electron chi connectivity index (χ4n) is 1.84. The molecule has 1 unspecified atom stereocenters. The molecule has 0 aliphatic heterocycles. The smallest absolute Gasteiger partial charge is 0.258 e. The summed E-state index contributed by atoms with van der Waals surface area (Å²) >= 11 is 3.33. The number of rotatable bonds is 3. The summed E-state index contributed by atoms with van der Waals surface area (Å²) in [6.45, 7) is 1.79. The SMILES string of the molecule is CC(NC(=O)c1c(O)cccc1F)c1ccc(Br)cc1. The van der Waals surface area contributed by atoms with Crippen LogP contribution in [0.5, 0.6) is 5.75 Å². The first-order chi connectivity index (χ1) is 9.49. The van der Waals surface area contributed by atoms with E-state index in [-0.39, 0.29) is 17.4 Å². The highest BCUT2D eigenvalue weighted by atomic mass is 79.9. The van der Waals surface area contributed by atoms with Crippen LogP contribution in [-0.2, 0) is 0 Å². The molecule has 3 nitrogen and oxygen atoms in total. The molecule has 0 aromatic heterocycles. The van der Waals surface area contributed by atoms with Gasteiger partial charge in [-0.05, 0) is 36.8 Å². The monoisotopic (exact) mass is 337 g/mol. The Morgan fingerprint density at radius 1 is 1.25 bits per heavy atom. The summed E-state index contributed by atoms with van der Waals surface area (Å²) in [4.78, 5) is 12.0. The third-order valence-electron chi connectivity index (χ3n) is 2.94. The van der Waals surface area contributed by atoms with Gasteiger partial charge in [-0.1, -0.05) is 34.1 Å². The van der Waals surface area contributed by atoms with Crippen molar-refractivity contribution >= 4 is 21.8 Å². The molecule has 2 aromatic rings. The number of hydrogen-bond donors (Lipinski definition) is 2. The standard InChI is InChI=1S/C15H13BrFNO2/c1-9(10-5-7-11(16)8-6-10)18-15(20)14-12(17)3-2-4-13(14)19/h2-9,19H,1H3,(H,18,20). The zero-order valence-electron chi connectivity index (χ0n) is 10.7. The molecule has 0 aliphatic carbocycles. The third kappa shape index (κ3) is 3.17. The van der Waals surface area contributed by atoms with Gasteiger partial charge in [-0.2, -0.15) is 0 Å². The number of nitrogens with one attached hydrogen (secondary N) is 1. The molecular weight excluding hydrogens is 325 g/mol. The zero-order chi connectivity index (χ0) is 14.7. The average Bonchev–Trinajstić information content (AvgIpc) is 2.39. The van der Waals surface area contributed by atoms with Gasteiger partial charge in [0.1, 0.15) is 17.1 Å². The maximum atomic E-state index is 13.6. The van der Waals surface area contributed by atoms with Crippen molar-refractivity contribution in [2.75, 3.05) is 0 Å². The van der Waals surface area contributed by atoms with Crippen molar-refractivity contribution in [3.8, 4) is 5.75 Å². The number of aromatic hydroxyl groups is 1. The van der Waals surface area contributed by atoms with Gasteiger partial charge in [0.15, 0.2) is 0 Å². The fourth-order valence-corrected chi connectivity index (χ4v) is 2.11. The molecule has 1 amide bonds. The van der Waals surface area contributed by atoms with E-state index >= 15 is 0 Å². The van der Waals surface area contributed by atoms with E-state index in [1.165, 1.54) is 12.1 Å². The summed E-state index contributed by atoms with van der Waals surface area (Å²) in [5.41, 5.74) is 0.550. The van der Waals surface area contributed by atoms with Crippen LogP contribution in [-0.4, -0.2) is 11.0 Å². The molecular formula is C15H13BrFNO2. The van der Waals surface area contributed by atoms with E-state index in [9.17, 15) is 14.3 Å². The predicted molar refractivity (Wildman–Crippen MR) is 78.1 cm³/mol. The molecule has 0 fully saturated rings. The largest absolute Gasteiger partial charge is 0.507 e. The highest BCUT2D eigenvalue weighted by molar-refractivity contribution is 9.10. The van der Waals surface area contributed by atoms with Gasteiger partial charge in [0.05, 0.1) is 6.04 Å². The highest BCUT2D eigenvalue weighted by Gasteiger charge is 2.18. The molecule has 0 heterocycles. The van der Waals surface area contributed by atoms with E-state index in [4.69, 9.17) is 0 Å². The van der Waals surface area contributed by atoms with Gasteiger partial charge in [-0.15, -0.1) is 0 Å². The van der Waals surface area contributed by atoms with E-state index in [1.54, 1.807) is 6.92 Å². The molecule has 0 spiro atoms. The molecule has 0 bridgehead atoms. The van der Waals surface area contributed by atoms with E-state index in [2.05, 4.69) is 21.2 Å². The highest BCUT2D eigenvalue weighted by Crippen LogP contribution is 2.22. The number of phenols is 1. The second-order valence-electron chi connectivity index (χ2n) is 4.38. The maximum absolute atomic E-state index is 13.6. The quantitative estimate of drug-likeness (QED) is 0.895. The third-order valence-corrected chi connectivity index (χ3v) is 3.46. The minimum atomic E-state index is -0.745. The van der Waals surface area contributed by atoms with Gasteiger partial charge in [-0.25, -0.2) is 4.39 Å². The summed E-state index contributed by atoms with van der Waals surface area (Å²) in [5, 5.41) is 12.2. The summed E-state index contributed by atoms with van der Waals surface area (Å²) in [5.74, 6) is -1.76. The Bertz CT molecular complexity index is 608. The average molecular weight is 338 g/mol. The second-order valence-corrected chi connectivity index (χ2v) is 5.30. The van der Waals surface area contributed by atoms with Gasteiger partial charge in [0, 0.05) is 4.47 Å². The van der Waals surface area contributed by atoms with Crippen molar-refractivity contribution in [2.45, 2.75) is 13.0 Å². The first-order valence-corrected chi connectivity index (χ1v) is 6.82. The molecule has 0 aliphatic rings. The second kappa shape index (κ2) is 6.05. The van der Waals surface area contributed by atoms with Gasteiger partial charge in [0.25, 0.3) is 5.91 Å². The summed E-state index contributed by atoms with van der Waals surface area (Å²) in [7, 11) is 0. The first-order valence-electron chi connectivity index (χ1n) is 6.03. The number of carbonyl (C=O) groups is 1. The summed E-state index contributed by atoms with van der Waals surface area (Å²) < 4.78 is 14.5. The molecule has 0 saturated carbocycles. The van der Waals surface area contributed by atoms with Crippen molar-refractivity contribution < 1.29 is 14.3 Å². The number of benzene rings is 2. The van der Waals surface area contributed by atoms with Crippen LogP contribution < -0.4 is 5.32 Å². The molecule has 20 heavy (non-hydrogen) atoms. The Kier molecular flexibility index (Phi) is 4.39. The summed E-state index contributed by atoms with van der Waals surface area (Å²) in [6, 6.07) is 10.9. The minimum absolute atomic E-state index is 0.297. The number of halogens is 2. The van der Waals surface area contributed by atoms with Gasteiger partial charge >= 0.3 is 0 Å². The van der Waals surface area contributed by atoms with Crippen molar-refractivity contribution in [3.05, 3.63) is 63.9 Å². The lowest BCUT2D eigenvalue weighted by atomic mass is 10.1. The number of amides is 1. The first kappa shape index (κ1) is 14.5. The Hall–Kier alpha value is -1.88. The lowest BCUT2D eigenvalue weighted by Gasteiger charge is -2.15. The van der Waals surface area contributed by atoms with Crippen LogP contribution in [0.2, 0.25) is 0 Å². The minimum Gasteiger partial charge on any atom is -0.507 e. The lowest BCUT2D eigenvalue weighted by molar-refractivity contribution is 0.0933. The van der Waals surface area contributed by atoms with Crippen LogP contribution in [0.1, 0.15) is 28.9 Å². The Morgan fingerprint density at radius 2 is 1.90 bits per heavy atom. The molecule has 2 aromatic carbocycles. The van der Waals surface area contributed by atoms with Crippen LogP contribution in [0.15, 0.2) is 46.9 Å². The molecule has 0 radical (unpaired) electrons. The van der Waals surface area contributed by atoms with Gasteiger partial charge in [-0.3, -0.25) is 4.79 Å². The van der Waals surface area contributed by atoms with Crippen molar-refractivity contribution in [3.63, 3.8) is 0 Å². The van der Waals surface area contributed by atoms with E-state index < -0.39 is 11.7 Å². The molecule has 1 atom stereocenters. The van der Waals surface area contributed by atoms with Crippen molar-refractivity contribution in [2.24, 2.45) is 0 Å². The van der Waals surface area contributed by atoms with Crippen LogP contribution in [0, 0.1) is 5.82 Å². The van der Waals surface area contributed by atoms with E-state index in [0.29, 0.717) is 0 Å². The van der Waals surface area contributed by atoms with E-state index in [0.717, 1.165) is 16.1 Å². The van der Waals surface area contributed by atoms with Crippen molar-refractivity contribution in [1.82, 2.24) is 5.32 Å². The van der Waals surface area contributed by atoms with Gasteiger partial charge < -0.3 is 10.4 Å². The maximum Gasteiger partial charge on any atom is 0.258 e. The Morgan fingerprint density at radius 3 is 2.50 bits per heavy atom. The Labute approximate surface area is 124 Å².